The maximum atomic E-state index is 5.68. The monoisotopic (exact) mass is 214 g/mol. The molecule has 0 radical (unpaired) electrons. The van der Waals surface area contributed by atoms with Crippen LogP contribution >= 0.6 is 0 Å². The van der Waals surface area contributed by atoms with Gasteiger partial charge in [0.25, 0.3) is 0 Å². The Morgan fingerprint density at radius 2 is 1.73 bits per heavy atom. The van der Waals surface area contributed by atoms with Gasteiger partial charge >= 0.3 is 0 Å². The highest BCUT2D eigenvalue weighted by atomic mass is 16.6. The first kappa shape index (κ1) is 11.4. The molecule has 2 aliphatic rings. The fraction of sp³-hybridized carbons (Fsp3) is 1.00. The van der Waals surface area contributed by atoms with Crippen molar-refractivity contribution in [2.45, 2.75) is 32.8 Å². The van der Waals surface area contributed by atoms with Crippen molar-refractivity contribution in [1.82, 2.24) is 0 Å². The van der Waals surface area contributed by atoms with Crippen molar-refractivity contribution in [1.29, 1.82) is 0 Å². The van der Waals surface area contributed by atoms with E-state index in [2.05, 4.69) is 13.8 Å². The third-order valence-electron chi connectivity index (χ3n) is 2.74. The minimum absolute atomic E-state index is 0.129. The van der Waals surface area contributed by atoms with Crippen molar-refractivity contribution < 1.29 is 14.2 Å². The number of epoxide rings is 1. The first-order chi connectivity index (χ1) is 7.16. The van der Waals surface area contributed by atoms with Crippen LogP contribution in [0.25, 0.3) is 0 Å². The summed E-state index contributed by atoms with van der Waals surface area (Å²) in [6, 6.07) is 0. The van der Waals surface area contributed by atoms with E-state index < -0.39 is 0 Å². The topological polar surface area (TPSA) is 31.0 Å². The van der Waals surface area contributed by atoms with Crippen molar-refractivity contribution in [3.05, 3.63) is 0 Å². The maximum absolute atomic E-state index is 5.68. The van der Waals surface area contributed by atoms with Crippen LogP contribution in [-0.2, 0) is 14.2 Å². The second-order valence-corrected chi connectivity index (χ2v) is 5.59. The first-order valence-electron chi connectivity index (χ1n) is 5.93. The molecule has 3 heteroatoms. The molecule has 0 aromatic carbocycles. The van der Waals surface area contributed by atoms with Gasteiger partial charge in [0.15, 0.2) is 0 Å². The summed E-state index contributed by atoms with van der Waals surface area (Å²) < 4.78 is 16.4. The van der Waals surface area contributed by atoms with Crippen LogP contribution in [0.1, 0.15) is 26.7 Å². The zero-order valence-corrected chi connectivity index (χ0v) is 9.83. The molecule has 1 saturated carbocycles. The summed E-state index contributed by atoms with van der Waals surface area (Å²) in [4.78, 5) is 0. The average Bonchev–Trinajstić information content (AvgIpc) is 2.97. The maximum Gasteiger partial charge on any atom is 0.104 e. The largest absolute Gasteiger partial charge is 0.381 e. The van der Waals surface area contributed by atoms with Gasteiger partial charge in [0.1, 0.15) is 6.10 Å². The van der Waals surface area contributed by atoms with Crippen molar-refractivity contribution in [3.8, 4) is 0 Å². The molecule has 3 nitrogen and oxygen atoms in total. The Morgan fingerprint density at radius 3 is 2.27 bits per heavy atom. The van der Waals surface area contributed by atoms with E-state index in [0.717, 1.165) is 39.0 Å². The van der Waals surface area contributed by atoms with Crippen molar-refractivity contribution in [3.63, 3.8) is 0 Å². The number of hydrogen-bond donors (Lipinski definition) is 0. The summed E-state index contributed by atoms with van der Waals surface area (Å²) >= 11 is 0. The normalized spacial score (nSPS) is 25.6. The lowest BCUT2D eigenvalue weighted by atomic mass is 9.96. The Morgan fingerprint density at radius 1 is 1.13 bits per heavy atom. The molecule has 0 bridgehead atoms. The minimum Gasteiger partial charge on any atom is -0.381 e. The molecule has 0 amide bonds. The lowest BCUT2D eigenvalue weighted by Crippen LogP contribution is -2.27. The minimum atomic E-state index is 0.129. The van der Waals surface area contributed by atoms with Gasteiger partial charge in [0.2, 0.25) is 0 Å². The van der Waals surface area contributed by atoms with Gasteiger partial charge in [-0.15, -0.1) is 0 Å². The Hall–Kier alpha value is -0.120. The van der Waals surface area contributed by atoms with Gasteiger partial charge in [-0.1, -0.05) is 13.8 Å². The Labute approximate surface area is 92.1 Å². The van der Waals surface area contributed by atoms with E-state index >= 15 is 0 Å². The van der Waals surface area contributed by atoms with Crippen LogP contribution in [-0.4, -0.2) is 39.1 Å². The second-order valence-electron chi connectivity index (χ2n) is 5.59. The molecular formula is C12H22O3. The zero-order valence-electron chi connectivity index (χ0n) is 9.83. The molecular weight excluding hydrogens is 192 g/mol. The van der Waals surface area contributed by atoms with Crippen molar-refractivity contribution >= 4 is 0 Å². The van der Waals surface area contributed by atoms with Gasteiger partial charge in [0, 0.05) is 12.0 Å². The van der Waals surface area contributed by atoms with Gasteiger partial charge in [-0.05, 0) is 18.8 Å². The lowest BCUT2D eigenvalue weighted by Gasteiger charge is -2.24. The fourth-order valence-electron chi connectivity index (χ4n) is 1.46. The standard InChI is InChI=1S/C12H22O3/c1-12(2,8-13-5-10-3-4-10)9-14-6-11-7-15-11/h10-11H,3-9H2,1-2H3. The number of rotatable bonds is 8. The number of ether oxygens (including phenoxy) is 3. The predicted octanol–water partition coefficient (Wildman–Crippen LogP) is 1.85. The molecule has 15 heavy (non-hydrogen) atoms. The van der Waals surface area contributed by atoms with Crippen LogP contribution in [0.3, 0.4) is 0 Å². The van der Waals surface area contributed by atoms with Gasteiger partial charge in [-0.3, -0.25) is 0 Å². The molecule has 1 atom stereocenters. The summed E-state index contributed by atoms with van der Waals surface area (Å²) in [5, 5.41) is 0. The average molecular weight is 214 g/mol. The molecule has 2 fully saturated rings. The molecule has 1 heterocycles. The van der Waals surface area contributed by atoms with E-state index in [4.69, 9.17) is 14.2 Å². The zero-order chi connectivity index (χ0) is 10.7. The van der Waals surface area contributed by atoms with Gasteiger partial charge in [-0.25, -0.2) is 0 Å². The van der Waals surface area contributed by atoms with Gasteiger partial charge < -0.3 is 14.2 Å². The second kappa shape index (κ2) is 4.81. The van der Waals surface area contributed by atoms with Crippen LogP contribution in [0.4, 0.5) is 0 Å². The summed E-state index contributed by atoms with van der Waals surface area (Å²) in [5.74, 6) is 0.849. The van der Waals surface area contributed by atoms with Crippen LogP contribution in [0, 0.1) is 11.3 Å². The molecule has 1 aliphatic carbocycles. The first-order valence-corrected chi connectivity index (χ1v) is 5.93. The van der Waals surface area contributed by atoms with E-state index in [1.54, 1.807) is 0 Å². The Kier molecular flexibility index (Phi) is 3.65. The van der Waals surface area contributed by atoms with E-state index in [1.807, 2.05) is 0 Å². The predicted molar refractivity (Wildman–Crippen MR) is 57.9 cm³/mol. The van der Waals surface area contributed by atoms with E-state index in [-0.39, 0.29) is 5.41 Å². The highest BCUT2D eigenvalue weighted by Crippen LogP contribution is 2.29. The van der Waals surface area contributed by atoms with Gasteiger partial charge in [-0.2, -0.15) is 0 Å². The molecule has 0 N–H and O–H groups in total. The molecule has 88 valence electrons. The molecule has 1 saturated heterocycles. The Balaban J connectivity index is 1.50. The van der Waals surface area contributed by atoms with E-state index in [0.29, 0.717) is 6.10 Å². The van der Waals surface area contributed by atoms with Crippen LogP contribution in [0.2, 0.25) is 0 Å². The van der Waals surface area contributed by atoms with Gasteiger partial charge in [0.05, 0.1) is 26.4 Å². The van der Waals surface area contributed by atoms with Crippen LogP contribution in [0.5, 0.6) is 0 Å². The Bertz CT molecular complexity index is 175. The molecule has 0 spiro atoms. The number of hydrogen-bond acceptors (Lipinski definition) is 3. The van der Waals surface area contributed by atoms with E-state index in [1.165, 1.54) is 12.8 Å². The third kappa shape index (κ3) is 4.96. The molecule has 1 unspecified atom stereocenters. The summed E-state index contributed by atoms with van der Waals surface area (Å²) in [6.07, 6.45) is 3.08. The SMILES string of the molecule is CC(C)(COCC1CC1)COCC1CO1. The van der Waals surface area contributed by atoms with E-state index in [9.17, 15) is 0 Å². The highest BCUT2D eigenvalue weighted by Gasteiger charge is 2.26. The third-order valence-corrected chi connectivity index (χ3v) is 2.74. The fourth-order valence-corrected chi connectivity index (χ4v) is 1.46. The molecule has 1 aliphatic heterocycles. The molecule has 0 aromatic heterocycles. The quantitative estimate of drug-likeness (QED) is 0.578. The highest BCUT2D eigenvalue weighted by molar-refractivity contribution is 4.74. The summed E-state index contributed by atoms with van der Waals surface area (Å²) in [6.45, 7) is 8.49. The summed E-state index contributed by atoms with van der Waals surface area (Å²) in [7, 11) is 0. The lowest BCUT2D eigenvalue weighted by molar-refractivity contribution is -0.00946. The smallest absolute Gasteiger partial charge is 0.104 e. The molecule has 2 rings (SSSR count). The molecule has 0 aromatic rings. The van der Waals surface area contributed by atoms with Crippen molar-refractivity contribution in [2.24, 2.45) is 11.3 Å². The summed E-state index contributed by atoms with van der Waals surface area (Å²) in [5.41, 5.74) is 0.129. The van der Waals surface area contributed by atoms with Crippen molar-refractivity contribution in [2.75, 3.05) is 33.0 Å². The van der Waals surface area contributed by atoms with Crippen LogP contribution < -0.4 is 0 Å². The van der Waals surface area contributed by atoms with Crippen LogP contribution in [0.15, 0.2) is 0 Å².